The topological polar surface area (TPSA) is 110 Å². The van der Waals surface area contributed by atoms with E-state index in [1.807, 2.05) is 18.2 Å². The zero-order valence-electron chi connectivity index (χ0n) is 10.9. The number of rotatable bonds is 3. The van der Waals surface area contributed by atoms with E-state index in [4.69, 9.17) is 5.73 Å². The number of benzene rings is 1. The van der Waals surface area contributed by atoms with Crippen molar-refractivity contribution in [1.29, 1.82) is 0 Å². The van der Waals surface area contributed by atoms with E-state index in [-0.39, 0.29) is 11.5 Å². The Hall–Kier alpha value is -3.22. The van der Waals surface area contributed by atoms with E-state index >= 15 is 0 Å². The Bertz CT molecular complexity index is 751. The molecule has 0 saturated heterocycles. The molecule has 7 heteroatoms. The van der Waals surface area contributed by atoms with Gasteiger partial charge >= 0.3 is 0 Å². The van der Waals surface area contributed by atoms with E-state index in [1.54, 1.807) is 18.3 Å². The molecule has 2 heterocycles. The number of hydrogen-bond acceptors (Lipinski definition) is 5. The lowest BCUT2D eigenvalue weighted by atomic mass is 10.1. The SMILES string of the molecule is Nc1nccnc1C(=O)Nc1ccc(-c2ccn[nH]2)cc1. The average molecular weight is 280 g/mol. The van der Waals surface area contributed by atoms with E-state index in [0.29, 0.717) is 5.69 Å². The molecule has 7 nitrogen and oxygen atoms in total. The van der Waals surface area contributed by atoms with Gasteiger partial charge in [-0.3, -0.25) is 9.89 Å². The molecule has 104 valence electrons. The summed E-state index contributed by atoms with van der Waals surface area (Å²) in [6.07, 6.45) is 4.54. The molecule has 0 aliphatic heterocycles. The Morgan fingerprint density at radius 1 is 1.05 bits per heavy atom. The van der Waals surface area contributed by atoms with Crippen LogP contribution in [0.15, 0.2) is 48.9 Å². The molecule has 1 amide bonds. The first-order chi connectivity index (χ1) is 10.2. The maximum atomic E-state index is 12.0. The minimum Gasteiger partial charge on any atom is -0.382 e. The molecule has 0 fully saturated rings. The molecule has 0 unspecified atom stereocenters. The number of hydrogen-bond donors (Lipinski definition) is 3. The second-order valence-electron chi connectivity index (χ2n) is 4.29. The molecule has 0 radical (unpaired) electrons. The highest BCUT2D eigenvalue weighted by atomic mass is 16.1. The lowest BCUT2D eigenvalue weighted by Gasteiger charge is -2.06. The van der Waals surface area contributed by atoms with Crippen LogP contribution in [0.2, 0.25) is 0 Å². The quantitative estimate of drug-likeness (QED) is 0.676. The van der Waals surface area contributed by atoms with Crippen molar-refractivity contribution >= 4 is 17.4 Å². The Labute approximate surface area is 120 Å². The fourth-order valence-electron chi connectivity index (χ4n) is 1.86. The van der Waals surface area contributed by atoms with Gasteiger partial charge in [0.1, 0.15) is 0 Å². The van der Waals surface area contributed by atoms with Crippen molar-refractivity contribution in [1.82, 2.24) is 20.2 Å². The summed E-state index contributed by atoms with van der Waals surface area (Å²) in [4.78, 5) is 19.8. The Morgan fingerprint density at radius 2 is 1.81 bits per heavy atom. The fourth-order valence-corrected chi connectivity index (χ4v) is 1.86. The van der Waals surface area contributed by atoms with E-state index in [2.05, 4.69) is 25.5 Å². The predicted octanol–water partition coefficient (Wildman–Crippen LogP) is 1.70. The van der Waals surface area contributed by atoms with Crippen molar-refractivity contribution in [3.8, 4) is 11.3 Å². The standard InChI is InChI=1S/C14H12N6O/c15-13-12(16-7-8-17-13)14(21)19-10-3-1-9(2-4-10)11-5-6-18-20-11/h1-8H,(H2,15,17)(H,18,20)(H,19,21). The largest absolute Gasteiger partial charge is 0.382 e. The molecule has 0 bridgehead atoms. The zero-order chi connectivity index (χ0) is 14.7. The van der Waals surface area contributed by atoms with Gasteiger partial charge in [-0.2, -0.15) is 5.10 Å². The highest BCUT2D eigenvalue weighted by molar-refractivity contribution is 6.05. The van der Waals surface area contributed by atoms with Crippen LogP contribution in [-0.4, -0.2) is 26.1 Å². The minimum absolute atomic E-state index is 0.101. The Kier molecular flexibility index (Phi) is 3.30. The summed E-state index contributed by atoms with van der Waals surface area (Å²) in [6.45, 7) is 0. The van der Waals surface area contributed by atoms with Crippen molar-refractivity contribution in [3.05, 3.63) is 54.6 Å². The van der Waals surface area contributed by atoms with Crippen LogP contribution in [0.25, 0.3) is 11.3 Å². The van der Waals surface area contributed by atoms with E-state index < -0.39 is 5.91 Å². The summed E-state index contributed by atoms with van der Waals surface area (Å²) in [5.41, 5.74) is 8.26. The molecule has 21 heavy (non-hydrogen) atoms. The third-order valence-corrected chi connectivity index (χ3v) is 2.90. The van der Waals surface area contributed by atoms with Crippen molar-refractivity contribution in [3.63, 3.8) is 0 Å². The zero-order valence-corrected chi connectivity index (χ0v) is 10.9. The van der Waals surface area contributed by atoms with Gasteiger partial charge in [0.15, 0.2) is 11.5 Å². The first-order valence-electron chi connectivity index (χ1n) is 6.21. The normalized spacial score (nSPS) is 10.3. The molecule has 3 rings (SSSR count). The Balaban J connectivity index is 1.77. The lowest BCUT2D eigenvalue weighted by Crippen LogP contribution is -2.16. The number of aromatic nitrogens is 4. The van der Waals surface area contributed by atoms with Crippen LogP contribution in [0.1, 0.15) is 10.5 Å². The molecule has 0 aliphatic carbocycles. The van der Waals surface area contributed by atoms with E-state index in [9.17, 15) is 4.79 Å². The van der Waals surface area contributed by atoms with Crippen molar-refractivity contribution in [2.24, 2.45) is 0 Å². The maximum Gasteiger partial charge on any atom is 0.278 e. The summed E-state index contributed by atoms with van der Waals surface area (Å²) in [6, 6.07) is 9.21. The molecule has 3 aromatic rings. The third-order valence-electron chi connectivity index (χ3n) is 2.90. The van der Waals surface area contributed by atoms with Crippen LogP contribution >= 0.6 is 0 Å². The number of nitrogens with two attached hydrogens (primary N) is 1. The summed E-state index contributed by atoms with van der Waals surface area (Å²) in [5, 5.41) is 9.49. The number of carbonyl (C=O) groups excluding carboxylic acids is 1. The molecule has 0 saturated carbocycles. The summed E-state index contributed by atoms with van der Waals surface area (Å²) in [5.74, 6) is -0.293. The summed E-state index contributed by atoms with van der Waals surface area (Å²) >= 11 is 0. The highest BCUT2D eigenvalue weighted by Crippen LogP contribution is 2.19. The van der Waals surface area contributed by atoms with Crippen molar-refractivity contribution in [2.45, 2.75) is 0 Å². The molecule has 4 N–H and O–H groups in total. The second-order valence-corrected chi connectivity index (χ2v) is 4.29. The van der Waals surface area contributed by atoms with Crippen LogP contribution in [-0.2, 0) is 0 Å². The van der Waals surface area contributed by atoms with Gasteiger partial charge in [-0.1, -0.05) is 12.1 Å². The molecular weight excluding hydrogens is 268 g/mol. The molecule has 2 aromatic heterocycles. The first kappa shape index (κ1) is 12.8. The first-order valence-corrected chi connectivity index (χ1v) is 6.21. The van der Waals surface area contributed by atoms with E-state index in [1.165, 1.54) is 12.4 Å². The van der Waals surface area contributed by atoms with Gasteiger partial charge in [0.25, 0.3) is 5.91 Å². The third kappa shape index (κ3) is 2.71. The van der Waals surface area contributed by atoms with Crippen molar-refractivity contribution < 1.29 is 4.79 Å². The Morgan fingerprint density at radius 3 is 2.48 bits per heavy atom. The maximum absolute atomic E-state index is 12.0. The van der Waals surface area contributed by atoms with Gasteiger partial charge in [-0.15, -0.1) is 0 Å². The number of nitrogen functional groups attached to an aromatic ring is 1. The van der Waals surface area contributed by atoms with Crippen LogP contribution < -0.4 is 11.1 Å². The fraction of sp³-hybridized carbons (Fsp3) is 0. The molecule has 0 spiro atoms. The molecular formula is C14H12N6O. The minimum atomic E-state index is -0.394. The number of anilines is 2. The second kappa shape index (κ2) is 5.41. The van der Waals surface area contributed by atoms with Gasteiger partial charge in [-0.05, 0) is 23.8 Å². The van der Waals surface area contributed by atoms with Crippen molar-refractivity contribution in [2.75, 3.05) is 11.1 Å². The number of H-pyrrole nitrogens is 1. The van der Waals surface area contributed by atoms with Crippen LogP contribution in [0, 0.1) is 0 Å². The average Bonchev–Trinajstić information content (AvgIpc) is 3.02. The number of carbonyl (C=O) groups is 1. The molecule has 1 aromatic carbocycles. The number of nitrogens with one attached hydrogen (secondary N) is 2. The summed E-state index contributed by atoms with van der Waals surface area (Å²) in [7, 11) is 0. The van der Waals surface area contributed by atoms with E-state index in [0.717, 1.165) is 11.3 Å². The number of aromatic amines is 1. The molecule has 0 aliphatic rings. The van der Waals surface area contributed by atoms with Crippen LogP contribution in [0.4, 0.5) is 11.5 Å². The lowest BCUT2D eigenvalue weighted by molar-refractivity contribution is 0.102. The van der Waals surface area contributed by atoms with Crippen LogP contribution in [0.3, 0.4) is 0 Å². The van der Waals surface area contributed by atoms with Gasteiger partial charge in [0.05, 0.1) is 5.69 Å². The monoisotopic (exact) mass is 280 g/mol. The number of amides is 1. The van der Waals surface area contributed by atoms with Gasteiger partial charge in [0.2, 0.25) is 0 Å². The highest BCUT2D eigenvalue weighted by Gasteiger charge is 2.12. The summed E-state index contributed by atoms with van der Waals surface area (Å²) < 4.78 is 0. The van der Waals surface area contributed by atoms with Gasteiger partial charge in [0, 0.05) is 24.3 Å². The van der Waals surface area contributed by atoms with Gasteiger partial charge in [-0.25, -0.2) is 9.97 Å². The molecule has 0 atom stereocenters. The number of nitrogens with zero attached hydrogens (tertiary/aromatic N) is 3. The van der Waals surface area contributed by atoms with Crippen LogP contribution in [0.5, 0.6) is 0 Å². The smallest absolute Gasteiger partial charge is 0.278 e. The predicted molar refractivity (Wildman–Crippen MR) is 78.4 cm³/mol. The van der Waals surface area contributed by atoms with Gasteiger partial charge < -0.3 is 11.1 Å².